The van der Waals surface area contributed by atoms with Crippen molar-refractivity contribution in [1.29, 1.82) is 0 Å². The number of nitrogens with one attached hydrogen (secondary N) is 1. The van der Waals surface area contributed by atoms with E-state index in [1.54, 1.807) is 6.92 Å². The molecule has 6 nitrogen and oxygen atoms in total. The van der Waals surface area contributed by atoms with E-state index in [1.807, 2.05) is 6.92 Å². The van der Waals surface area contributed by atoms with Crippen LogP contribution >= 0.6 is 0 Å². The van der Waals surface area contributed by atoms with Gasteiger partial charge in [0.25, 0.3) is 0 Å². The van der Waals surface area contributed by atoms with E-state index in [1.165, 1.54) is 0 Å². The minimum atomic E-state index is -1.12. The van der Waals surface area contributed by atoms with Crippen molar-refractivity contribution >= 4 is 17.8 Å². The fourth-order valence-electron chi connectivity index (χ4n) is 2.64. The summed E-state index contributed by atoms with van der Waals surface area (Å²) < 4.78 is 4.77. The Morgan fingerprint density at radius 2 is 1.86 bits per heavy atom. The van der Waals surface area contributed by atoms with Crippen molar-refractivity contribution in [3.63, 3.8) is 0 Å². The molecule has 0 heterocycles. The molecule has 1 saturated carbocycles. The molecule has 0 unspecified atom stereocenters. The first-order valence-electron chi connectivity index (χ1n) is 7.58. The first-order chi connectivity index (χ1) is 9.89. The van der Waals surface area contributed by atoms with Crippen LogP contribution in [0.15, 0.2) is 0 Å². The largest absolute Gasteiger partial charge is 0.480 e. The third-order valence-corrected chi connectivity index (χ3v) is 4.05. The third kappa shape index (κ3) is 5.36. The summed E-state index contributed by atoms with van der Waals surface area (Å²) in [6, 6.07) is -1.04. The lowest BCUT2D eigenvalue weighted by Crippen LogP contribution is -2.48. The van der Waals surface area contributed by atoms with Crippen molar-refractivity contribution in [1.82, 2.24) is 5.32 Å². The molecule has 0 aromatic carbocycles. The highest BCUT2D eigenvalue weighted by Crippen LogP contribution is 2.36. The normalized spacial score (nSPS) is 18.6. The fraction of sp³-hybridized carbons (Fsp3) is 0.800. The van der Waals surface area contributed by atoms with Crippen LogP contribution < -0.4 is 5.32 Å². The monoisotopic (exact) mass is 299 g/mol. The second kappa shape index (κ2) is 8.00. The summed E-state index contributed by atoms with van der Waals surface area (Å²) in [5.74, 6) is -1.78. The SMILES string of the molecule is CCOC(=O)CC[C@H](NC(=O)C1(C)CCCCC1)C(=O)O. The summed E-state index contributed by atoms with van der Waals surface area (Å²) in [5.41, 5.74) is -0.490. The Kier molecular flexibility index (Phi) is 6.65. The molecule has 0 spiro atoms. The van der Waals surface area contributed by atoms with E-state index < -0.39 is 23.4 Å². The first kappa shape index (κ1) is 17.5. The number of ether oxygens (including phenoxy) is 1. The van der Waals surface area contributed by atoms with Gasteiger partial charge in [-0.1, -0.05) is 26.2 Å². The summed E-state index contributed by atoms with van der Waals surface area (Å²) in [6.07, 6.45) is 4.70. The molecule has 1 atom stereocenters. The lowest BCUT2D eigenvalue weighted by atomic mass is 9.75. The molecule has 0 saturated heterocycles. The van der Waals surface area contributed by atoms with Crippen LogP contribution in [0.2, 0.25) is 0 Å². The maximum Gasteiger partial charge on any atom is 0.326 e. The van der Waals surface area contributed by atoms with Crippen LogP contribution in [0.1, 0.15) is 58.8 Å². The maximum atomic E-state index is 12.3. The van der Waals surface area contributed by atoms with Crippen molar-refractivity contribution in [3.05, 3.63) is 0 Å². The standard InChI is InChI=1S/C15H25NO5/c1-3-21-12(17)8-7-11(13(18)19)16-14(20)15(2)9-5-4-6-10-15/h11H,3-10H2,1-2H3,(H,16,20)(H,18,19)/t11-/m0/s1. The third-order valence-electron chi connectivity index (χ3n) is 4.05. The number of aliphatic carboxylic acids is 1. The molecule has 0 aromatic heterocycles. The number of rotatable bonds is 7. The van der Waals surface area contributed by atoms with E-state index in [0.29, 0.717) is 0 Å². The Morgan fingerprint density at radius 1 is 1.24 bits per heavy atom. The van der Waals surface area contributed by atoms with E-state index >= 15 is 0 Å². The summed E-state index contributed by atoms with van der Waals surface area (Å²) in [6.45, 7) is 3.84. The zero-order chi connectivity index (χ0) is 15.9. The van der Waals surface area contributed by atoms with Crippen LogP contribution in [0.4, 0.5) is 0 Å². The number of amides is 1. The summed E-state index contributed by atoms with van der Waals surface area (Å²) in [5, 5.41) is 11.8. The smallest absolute Gasteiger partial charge is 0.326 e. The molecule has 1 aliphatic rings. The molecule has 120 valence electrons. The Balaban J connectivity index is 2.55. The van der Waals surface area contributed by atoms with Gasteiger partial charge in [-0.15, -0.1) is 0 Å². The van der Waals surface area contributed by atoms with Gasteiger partial charge in [-0.2, -0.15) is 0 Å². The summed E-state index contributed by atoms with van der Waals surface area (Å²) in [4.78, 5) is 34.8. The van der Waals surface area contributed by atoms with Gasteiger partial charge in [0.05, 0.1) is 6.61 Å². The molecular formula is C15H25NO5. The van der Waals surface area contributed by atoms with Gasteiger partial charge >= 0.3 is 11.9 Å². The average Bonchev–Trinajstić information content (AvgIpc) is 2.43. The summed E-state index contributed by atoms with van der Waals surface area (Å²) in [7, 11) is 0. The van der Waals surface area contributed by atoms with E-state index in [9.17, 15) is 19.5 Å². The highest BCUT2D eigenvalue weighted by molar-refractivity contribution is 5.87. The minimum Gasteiger partial charge on any atom is -0.480 e. The molecule has 0 radical (unpaired) electrons. The molecule has 1 rings (SSSR count). The first-order valence-corrected chi connectivity index (χ1v) is 7.58. The van der Waals surface area contributed by atoms with E-state index in [2.05, 4.69) is 5.32 Å². The van der Waals surface area contributed by atoms with Gasteiger partial charge in [-0.3, -0.25) is 9.59 Å². The van der Waals surface area contributed by atoms with E-state index in [0.717, 1.165) is 32.1 Å². The number of carbonyl (C=O) groups is 3. The quantitative estimate of drug-likeness (QED) is 0.700. The number of carboxylic acid groups (broad SMARTS) is 1. The Labute approximate surface area is 125 Å². The highest BCUT2D eigenvalue weighted by Gasteiger charge is 2.36. The lowest BCUT2D eigenvalue weighted by molar-refractivity contribution is -0.146. The molecular weight excluding hydrogens is 274 g/mol. The van der Waals surface area contributed by atoms with Crippen LogP contribution in [0.3, 0.4) is 0 Å². The number of hydrogen-bond donors (Lipinski definition) is 2. The van der Waals surface area contributed by atoms with Gasteiger partial charge in [0.15, 0.2) is 0 Å². The van der Waals surface area contributed by atoms with Gasteiger partial charge in [0.1, 0.15) is 6.04 Å². The van der Waals surface area contributed by atoms with Crippen molar-refractivity contribution in [3.8, 4) is 0 Å². The van der Waals surface area contributed by atoms with Crippen molar-refractivity contribution < 1.29 is 24.2 Å². The van der Waals surface area contributed by atoms with Crippen LogP contribution in [0.25, 0.3) is 0 Å². The van der Waals surface area contributed by atoms with Gasteiger partial charge < -0.3 is 15.2 Å². The number of carboxylic acids is 1. The topological polar surface area (TPSA) is 92.7 Å². The Bertz CT molecular complexity index is 388. The fourth-order valence-corrected chi connectivity index (χ4v) is 2.64. The van der Waals surface area contributed by atoms with Crippen molar-refractivity contribution in [2.24, 2.45) is 5.41 Å². The number of esters is 1. The van der Waals surface area contributed by atoms with Crippen LogP contribution in [-0.4, -0.2) is 35.6 Å². The molecule has 0 aliphatic heterocycles. The zero-order valence-corrected chi connectivity index (χ0v) is 12.8. The molecule has 1 amide bonds. The zero-order valence-electron chi connectivity index (χ0n) is 12.8. The molecule has 0 bridgehead atoms. The minimum absolute atomic E-state index is 0.0121. The predicted octanol–water partition coefficient (Wildman–Crippen LogP) is 1.87. The maximum absolute atomic E-state index is 12.3. The number of hydrogen-bond acceptors (Lipinski definition) is 4. The van der Waals surface area contributed by atoms with Crippen LogP contribution in [0, 0.1) is 5.41 Å². The van der Waals surface area contributed by atoms with Gasteiger partial charge in [-0.25, -0.2) is 4.79 Å². The Morgan fingerprint density at radius 3 is 2.38 bits per heavy atom. The van der Waals surface area contributed by atoms with Crippen molar-refractivity contribution in [2.75, 3.05) is 6.61 Å². The molecule has 1 aliphatic carbocycles. The second-order valence-electron chi connectivity index (χ2n) is 5.83. The van der Waals surface area contributed by atoms with Gasteiger partial charge in [0.2, 0.25) is 5.91 Å². The predicted molar refractivity (Wildman–Crippen MR) is 76.6 cm³/mol. The van der Waals surface area contributed by atoms with E-state index in [-0.39, 0.29) is 25.4 Å². The molecule has 0 aromatic rings. The van der Waals surface area contributed by atoms with E-state index in [4.69, 9.17) is 4.74 Å². The van der Waals surface area contributed by atoms with Crippen LogP contribution in [-0.2, 0) is 19.1 Å². The summed E-state index contributed by atoms with van der Waals surface area (Å²) >= 11 is 0. The molecule has 1 fully saturated rings. The molecule has 6 heteroatoms. The average molecular weight is 299 g/mol. The lowest BCUT2D eigenvalue weighted by Gasteiger charge is -2.33. The highest BCUT2D eigenvalue weighted by atomic mass is 16.5. The van der Waals surface area contributed by atoms with Crippen molar-refractivity contribution in [2.45, 2.75) is 64.8 Å². The van der Waals surface area contributed by atoms with Crippen LogP contribution in [0.5, 0.6) is 0 Å². The second-order valence-corrected chi connectivity index (χ2v) is 5.83. The number of carbonyl (C=O) groups excluding carboxylic acids is 2. The van der Waals surface area contributed by atoms with Gasteiger partial charge in [0, 0.05) is 11.8 Å². The molecule has 2 N–H and O–H groups in total. The van der Waals surface area contributed by atoms with Gasteiger partial charge in [-0.05, 0) is 26.2 Å². The molecule has 21 heavy (non-hydrogen) atoms. The Hall–Kier alpha value is -1.59.